The van der Waals surface area contributed by atoms with Crippen molar-refractivity contribution in [1.82, 2.24) is 4.98 Å². The number of aromatic nitrogens is 1. The fraction of sp³-hybridized carbons (Fsp3) is 0.231. The molecular formula is C26H28N4O. The van der Waals surface area contributed by atoms with Gasteiger partial charge < -0.3 is 14.7 Å². The Hall–Kier alpha value is -3.60. The van der Waals surface area contributed by atoms with Gasteiger partial charge in [-0.05, 0) is 37.1 Å². The summed E-state index contributed by atoms with van der Waals surface area (Å²) in [6, 6.07) is 11.9. The number of hydrogen-bond donors (Lipinski definition) is 0. The van der Waals surface area contributed by atoms with Crippen molar-refractivity contribution in [2.45, 2.75) is 25.9 Å². The maximum atomic E-state index is 12.5. The molecule has 0 saturated heterocycles. The number of likely N-dealkylation sites (N-methyl/N-ethyl adjacent to an activating group) is 2. The van der Waals surface area contributed by atoms with E-state index in [-0.39, 0.29) is 18.0 Å². The zero-order chi connectivity index (χ0) is 22.3. The van der Waals surface area contributed by atoms with E-state index < -0.39 is 0 Å². The molecule has 2 aromatic rings. The average Bonchev–Trinajstić information content (AvgIpc) is 3.09. The highest BCUT2D eigenvalue weighted by Gasteiger charge is 2.38. The standard InChI is InChI=1S/C26H28N4O/c1-7-9-12-19(8-2)24-21-14-11-10-13-20(21)17(3)30(24)23-16-15-22-25(27-23)28(5)18(4)26(31)29(22)6/h7-16,18,24H,2-3H2,1,4-6H3/b9-7-,19-12+. The van der Waals surface area contributed by atoms with Crippen LogP contribution in [0.15, 0.2) is 79.4 Å². The molecule has 3 heterocycles. The van der Waals surface area contributed by atoms with Gasteiger partial charge in [-0.3, -0.25) is 4.79 Å². The molecular weight excluding hydrogens is 384 g/mol. The molecule has 0 aliphatic carbocycles. The van der Waals surface area contributed by atoms with Crippen molar-refractivity contribution < 1.29 is 4.79 Å². The number of carbonyl (C=O) groups is 1. The minimum atomic E-state index is -0.270. The van der Waals surface area contributed by atoms with Gasteiger partial charge in [-0.15, -0.1) is 0 Å². The number of anilines is 3. The van der Waals surface area contributed by atoms with Gasteiger partial charge in [0.05, 0.1) is 11.7 Å². The molecule has 5 nitrogen and oxygen atoms in total. The minimum absolute atomic E-state index is 0.0589. The number of pyridine rings is 1. The average molecular weight is 413 g/mol. The SMILES string of the molecule is C=C/C(=C\C=C/C)C1c2ccccc2C(=C)N1c1ccc2c(n1)N(C)C(C)C(=O)N2C. The first-order valence-corrected chi connectivity index (χ1v) is 10.4. The lowest BCUT2D eigenvalue weighted by atomic mass is 9.97. The first kappa shape index (κ1) is 20.7. The second kappa shape index (κ2) is 7.91. The summed E-state index contributed by atoms with van der Waals surface area (Å²) in [5, 5.41) is 0. The minimum Gasteiger partial charge on any atom is -0.346 e. The third kappa shape index (κ3) is 3.17. The van der Waals surface area contributed by atoms with Gasteiger partial charge in [0, 0.05) is 25.4 Å². The van der Waals surface area contributed by atoms with Crippen LogP contribution in [0.1, 0.15) is 31.0 Å². The number of allylic oxidation sites excluding steroid dienone is 3. The van der Waals surface area contributed by atoms with Crippen molar-refractivity contribution in [1.29, 1.82) is 0 Å². The van der Waals surface area contributed by atoms with E-state index in [1.807, 2.05) is 62.2 Å². The number of fused-ring (bicyclic) bond motifs is 2. The maximum Gasteiger partial charge on any atom is 0.249 e. The molecule has 5 heteroatoms. The molecule has 2 unspecified atom stereocenters. The molecule has 2 atom stereocenters. The molecule has 158 valence electrons. The lowest BCUT2D eigenvalue weighted by molar-refractivity contribution is -0.119. The maximum absolute atomic E-state index is 12.5. The molecule has 0 bridgehead atoms. The summed E-state index contributed by atoms with van der Waals surface area (Å²) in [5.41, 5.74) is 5.06. The summed E-state index contributed by atoms with van der Waals surface area (Å²) >= 11 is 0. The van der Waals surface area contributed by atoms with Gasteiger partial charge >= 0.3 is 0 Å². The number of rotatable bonds is 4. The fourth-order valence-corrected chi connectivity index (χ4v) is 4.33. The van der Waals surface area contributed by atoms with Gasteiger partial charge in [-0.1, -0.05) is 61.7 Å². The van der Waals surface area contributed by atoms with Crippen LogP contribution in [0.4, 0.5) is 17.3 Å². The number of carbonyl (C=O) groups excluding carboxylic acids is 1. The summed E-state index contributed by atoms with van der Waals surface area (Å²) in [6.45, 7) is 12.4. The topological polar surface area (TPSA) is 39.7 Å². The molecule has 0 saturated carbocycles. The molecule has 1 amide bonds. The summed E-state index contributed by atoms with van der Waals surface area (Å²) in [6.07, 6.45) is 8.00. The van der Waals surface area contributed by atoms with Crippen LogP contribution in [0.3, 0.4) is 0 Å². The third-order valence-corrected chi connectivity index (χ3v) is 6.20. The van der Waals surface area contributed by atoms with Crippen LogP contribution < -0.4 is 14.7 Å². The predicted octanol–water partition coefficient (Wildman–Crippen LogP) is 5.10. The van der Waals surface area contributed by atoms with Gasteiger partial charge in [0.15, 0.2) is 5.82 Å². The Balaban J connectivity index is 1.88. The summed E-state index contributed by atoms with van der Waals surface area (Å²) in [7, 11) is 3.71. The van der Waals surface area contributed by atoms with Crippen LogP contribution in [0.25, 0.3) is 5.70 Å². The second-order valence-corrected chi connectivity index (χ2v) is 7.90. The van der Waals surface area contributed by atoms with E-state index in [0.717, 1.165) is 34.2 Å². The summed E-state index contributed by atoms with van der Waals surface area (Å²) < 4.78 is 0. The van der Waals surface area contributed by atoms with Gasteiger partial charge in [0.2, 0.25) is 5.91 Å². The van der Waals surface area contributed by atoms with E-state index in [0.29, 0.717) is 0 Å². The third-order valence-electron chi connectivity index (χ3n) is 6.20. The Morgan fingerprint density at radius 1 is 1.16 bits per heavy atom. The zero-order valence-corrected chi connectivity index (χ0v) is 18.5. The molecule has 0 spiro atoms. The molecule has 4 rings (SSSR count). The van der Waals surface area contributed by atoms with E-state index in [1.54, 1.807) is 11.9 Å². The Labute approximate surface area is 184 Å². The Morgan fingerprint density at radius 2 is 1.90 bits per heavy atom. The van der Waals surface area contributed by atoms with E-state index in [1.165, 1.54) is 5.56 Å². The van der Waals surface area contributed by atoms with Crippen molar-refractivity contribution in [2.75, 3.05) is 28.8 Å². The normalized spacial score (nSPS) is 21.0. The van der Waals surface area contributed by atoms with E-state index in [9.17, 15) is 4.79 Å². The quantitative estimate of drug-likeness (QED) is 0.655. The number of amides is 1. The monoisotopic (exact) mass is 412 g/mol. The smallest absolute Gasteiger partial charge is 0.249 e. The van der Waals surface area contributed by atoms with E-state index in [4.69, 9.17) is 4.98 Å². The molecule has 1 aromatic heterocycles. The zero-order valence-electron chi connectivity index (χ0n) is 18.5. The van der Waals surface area contributed by atoms with Crippen LogP contribution in [-0.4, -0.2) is 31.0 Å². The number of hydrogen-bond acceptors (Lipinski definition) is 4. The van der Waals surface area contributed by atoms with Crippen molar-refractivity contribution >= 4 is 28.9 Å². The molecule has 2 aliphatic heterocycles. The van der Waals surface area contributed by atoms with Crippen molar-refractivity contribution in [3.63, 3.8) is 0 Å². The van der Waals surface area contributed by atoms with E-state index >= 15 is 0 Å². The first-order valence-electron chi connectivity index (χ1n) is 10.4. The largest absolute Gasteiger partial charge is 0.346 e. The van der Waals surface area contributed by atoms with Crippen molar-refractivity contribution in [3.8, 4) is 0 Å². The lowest BCUT2D eigenvalue weighted by Crippen LogP contribution is -2.49. The van der Waals surface area contributed by atoms with Crippen molar-refractivity contribution in [2.24, 2.45) is 0 Å². The molecule has 0 fully saturated rings. The molecule has 0 N–H and O–H groups in total. The van der Waals surface area contributed by atoms with Crippen LogP contribution in [0, 0.1) is 0 Å². The van der Waals surface area contributed by atoms with Gasteiger partial charge in [-0.2, -0.15) is 0 Å². The molecule has 0 radical (unpaired) electrons. The van der Waals surface area contributed by atoms with Crippen LogP contribution in [-0.2, 0) is 4.79 Å². The van der Waals surface area contributed by atoms with Gasteiger partial charge in [-0.25, -0.2) is 4.98 Å². The highest BCUT2D eigenvalue weighted by molar-refractivity contribution is 6.04. The number of nitrogens with zero attached hydrogens (tertiary/aromatic N) is 4. The molecule has 31 heavy (non-hydrogen) atoms. The van der Waals surface area contributed by atoms with Crippen LogP contribution in [0.5, 0.6) is 0 Å². The lowest BCUT2D eigenvalue weighted by Gasteiger charge is -2.38. The highest BCUT2D eigenvalue weighted by Crippen LogP contribution is 2.48. The number of benzene rings is 1. The Morgan fingerprint density at radius 3 is 2.61 bits per heavy atom. The predicted molar refractivity (Wildman–Crippen MR) is 129 cm³/mol. The Kier molecular flexibility index (Phi) is 5.27. The highest BCUT2D eigenvalue weighted by atomic mass is 16.2. The first-order chi connectivity index (χ1) is 14.9. The summed E-state index contributed by atoms with van der Waals surface area (Å²) in [5.74, 6) is 1.64. The summed E-state index contributed by atoms with van der Waals surface area (Å²) in [4.78, 5) is 23.3. The van der Waals surface area contributed by atoms with Crippen molar-refractivity contribution in [3.05, 3.63) is 90.6 Å². The molecule has 1 aromatic carbocycles. The van der Waals surface area contributed by atoms with E-state index in [2.05, 4.69) is 42.3 Å². The van der Waals surface area contributed by atoms with Crippen LogP contribution in [0.2, 0.25) is 0 Å². The van der Waals surface area contributed by atoms with Crippen LogP contribution >= 0.6 is 0 Å². The van der Waals surface area contributed by atoms with Gasteiger partial charge in [0.25, 0.3) is 0 Å². The van der Waals surface area contributed by atoms with Gasteiger partial charge in [0.1, 0.15) is 11.9 Å². The Bertz CT molecular complexity index is 1130. The molecule has 2 aliphatic rings. The second-order valence-electron chi connectivity index (χ2n) is 7.90. The fourth-order valence-electron chi connectivity index (χ4n) is 4.33.